The highest BCUT2D eigenvalue weighted by Crippen LogP contribution is 2.51. The van der Waals surface area contributed by atoms with Crippen LogP contribution in [-0.2, 0) is 0 Å². The van der Waals surface area contributed by atoms with Gasteiger partial charge < -0.3 is 10.0 Å². The van der Waals surface area contributed by atoms with Gasteiger partial charge in [-0.3, -0.25) is 0 Å². The van der Waals surface area contributed by atoms with Gasteiger partial charge in [-0.1, -0.05) is 26.2 Å². The fourth-order valence-electron chi connectivity index (χ4n) is 3.99. The quantitative estimate of drug-likeness (QED) is 0.819. The van der Waals surface area contributed by atoms with Gasteiger partial charge in [0, 0.05) is 12.6 Å². The minimum absolute atomic E-state index is 0.377. The lowest BCUT2D eigenvalue weighted by molar-refractivity contribution is -0.0723. The molecule has 102 valence electrons. The predicted molar refractivity (Wildman–Crippen MR) is 72.0 cm³/mol. The standard InChI is InChI=1S/C15H26N2O/c1-4-13-6-5-7-14(9-13,10-16)15(18)8-12(2)17(3)11-15/h12-13,18H,4-9,11H2,1-3H3. The van der Waals surface area contributed by atoms with Crippen LogP contribution in [0.25, 0.3) is 0 Å². The number of aliphatic hydroxyl groups is 1. The van der Waals surface area contributed by atoms with E-state index in [0.29, 0.717) is 18.5 Å². The van der Waals surface area contributed by atoms with Gasteiger partial charge in [-0.15, -0.1) is 0 Å². The number of nitrogens with zero attached hydrogens (tertiary/aromatic N) is 2. The van der Waals surface area contributed by atoms with Crippen molar-refractivity contribution in [3.8, 4) is 6.07 Å². The van der Waals surface area contributed by atoms with E-state index < -0.39 is 11.0 Å². The molecule has 1 aliphatic carbocycles. The lowest BCUT2D eigenvalue weighted by Gasteiger charge is -2.45. The van der Waals surface area contributed by atoms with Crippen molar-refractivity contribution in [2.45, 2.75) is 64.0 Å². The van der Waals surface area contributed by atoms with E-state index in [1.54, 1.807) is 0 Å². The second-order valence-corrected chi connectivity index (χ2v) is 6.56. The Morgan fingerprint density at radius 1 is 1.44 bits per heavy atom. The Labute approximate surface area is 111 Å². The third-order valence-electron chi connectivity index (χ3n) is 5.43. The molecule has 0 spiro atoms. The largest absolute Gasteiger partial charge is 0.387 e. The van der Waals surface area contributed by atoms with E-state index in [4.69, 9.17) is 0 Å². The van der Waals surface area contributed by atoms with E-state index in [1.165, 1.54) is 6.42 Å². The molecule has 1 heterocycles. The van der Waals surface area contributed by atoms with Gasteiger partial charge in [0.1, 0.15) is 0 Å². The van der Waals surface area contributed by atoms with Gasteiger partial charge in [0.05, 0.1) is 17.1 Å². The predicted octanol–water partition coefficient (Wildman–Crippen LogP) is 2.55. The highest BCUT2D eigenvalue weighted by Gasteiger charge is 2.56. The molecule has 1 saturated carbocycles. The molecule has 0 amide bonds. The van der Waals surface area contributed by atoms with E-state index in [-0.39, 0.29) is 0 Å². The average molecular weight is 250 g/mol. The van der Waals surface area contributed by atoms with Crippen molar-refractivity contribution in [1.82, 2.24) is 4.90 Å². The second-order valence-electron chi connectivity index (χ2n) is 6.56. The van der Waals surface area contributed by atoms with Gasteiger partial charge in [-0.05, 0) is 39.2 Å². The zero-order valence-corrected chi connectivity index (χ0v) is 11.9. The van der Waals surface area contributed by atoms with Gasteiger partial charge >= 0.3 is 0 Å². The number of β-amino-alcohol motifs (C(OH)–C–C–N with tert-alkyl or cyclic N) is 1. The van der Waals surface area contributed by atoms with E-state index in [1.807, 2.05) is 7.05 Å². The molecule has 1 saturated heterocycles. The maximum absolute atomic E-state index is 11.1. The van der Waals surface area contributed by atoms with Crippen molar-refractivity contribution in [1.29, 1.82) is 5.26 Å². The van der Waals surface area contributed by atoms with Gasteiger partial charge in [0.2, 0.25) is 0 Å². The topological polar surface area (TPSA) is 47.3 Å². The molecule has 0 bridgehead atoms. The zero-order valence-electron chi connectivity index (χ0n) is 11.9. The Balaban J connectivity index is 2.25. The first kappa shape index (κ1) is 13.8. The summed E-state index contributed by atoms with van der Waals surface area (Å²) in [6.45, 7) is 4.99. The molecule has 3 heteroatoms. The molecule has 1 aliphatic heterocycles. The number of rotatable bonds is 2. The smallest absolute Gasteiger partial charge is 0.0974 e. The highest BCUT2D eigenvalue weighted by molar-refractivity contribution is 5.17. The summed E-state index contributed by atoms with van der Waals surface area (Å²) in [4.78, 5) is 2.19. The molecule has 0 aromatic carbocycles. The van der Waals surface area contributed by atoms with Crippen LogP contribution in [0.5, 0.6) is 0 Å². The lowest BCUT2D eigenvalue weighted by Crippen LogP contribution is -2.51. The molecule has 0 aromatic heterocycles. The van der Waals surface area contributed by atoms with Crippen LogP contribution in [0.1, 0.15) is 52.4 Å². The Morgan fingerprint density at radius 3 is 2.67 bits per heavy atom. The van der Waals surface area contributed by atoms with E-state index >= 15 is 0 Å². The Hall–Kier alpha value is -0.590. The minimum atomic E-state index is -0.802. The van der Waals surface area contributed by atoms with E-state index in [9.17, 15) is 10.4 Å². The lowest BCUT2D eigenvalue weighted by atomic mass is 9.60. The summed E-state index contributed by atoms with van der Waals surface area (Å²) in [6.07, 6.45) is 5.94. The van der Waals surface area contributed by atoms with Crippen LogP contribution in [0, 0.1) is 22.7 Å². The minimum Gasteiger partial charge on any atom is -0.387 e. The SMILES string of the molecule is CCC1CCCC(C#N)(C2(O)CC(C)N(C)C2)C1. The zero-order chi connectivity index (χ0) is 13.4. The highest BCUT2D eigenvalue weighted by atomic mass is 16.3. The Bertz CT molecular complexity index is 339. The average Bonchev–Trinajstić information content (AvgIpc) is 2.64. The number of hydrogen-bond donors (Lipinski definition) is 1. The summed E-state index contributed by atoms with van der Waals surface area (Å²) >= 11 is 0. The molecule has 0 aromatic rings. The van der Waals surface area contributed by atoms with Crippen molar-refractivity contribution in [2.24, 2.45) is 11.3 Å². The summed E-state index contributed by atoms with van der Waals surface area (Å²) in [6, 6.07) is 2.91. The number of nitriles is 1. The first-order valence-corrected chi connectivity index (χ1v) is 7.30. The molecule has 4 atom stereocenters. The summed E-state index contributed by atoms with van der Waals surface area (Å²) in [5, 5.41) is 20.8. The van der Waals surface area contributed by atoms with Crippen LogP contribution >= 0.6 is 0 Å². The Kier molecular flexibility index (Phi) is 3.71. The molecular weight excluding hydrogens is 224 g/mol. The van der Waals surface area contributed by atoms with Gasteiger partial charge in [0.15, 0.2) is 0 Å². The maximum atomic E-state index is 11.1. The molecule has 4 unspecified atom stereocenters. The number of likely N-dealkylation sites (N-methyl/N-ethyl adjacent to an activating group) is 1. The molecule has 2 rings (SSSR count). The number of hydrogen-bond acceptors (Lipinski definition) is 3. The first-order chi connectivity index (χ1) is 8.46. The van der Waals surface area contributed by atoms with Crippen molar-refractivity contribution in [2.75, 3.05) is 13.6 Å². The molecular formula is C15H26N2O. The summed E-state index contributed by atoms with van der Waals surface area (Å²) in [5.74, 6) is 0.614. The second kappa shape index (κ2) is 4.83. The third-order valence-corrected chi connectivity index (χ3v) is 5.43. The normalized spacial score (nSPS) is 45.9. The number of likely N-dealkylation sites (tertiary alicyclic amines) is 1. The van der Waals surface area contributed by atoms with Gasteiger partial charge in [-0.2, -0.15) is 5.26 Å². The van der Waals surface area contributed by atoms with Crippen LogP contribution in [0.2, 0.25) is 0 Å². The molecule has 0 radical (unpaired) electrons. The first-order valence-electron chi connectivity index (χ1n) is 7.30. The molecule has 2 aliphatic rings. The van der Waals surface area contributed by atoms with Crippen LogP contribution in [-0.4, -0.2) is 35.2 Å². The van der Waals surface area contributed by atoms with Crippen LogP contribution in [0.3, 0.4) is 0 Å². The molecule has 18 heavy (non-hydrogen) atoms. The van der Waals surface area contributed by atoms with Crippen LogP contribution in [0.15, 0.2) is 0 Å². The van der Waals surface area contributed by atoms with Crippen LogP contribution < -0.4 is 0 Å². The molecule has 3 nitrogen and oxygen atoms in total. The molecule has 1 N–H and O–H groups in total. The third kappa shape index (κ3) is 2.06. The maximum Gasteiger partial charge on any atom is 0.0974 e. The van der Waals surface area contributed by atoms with Gasteiger partial charge in [0.25, 0.3) is 0 Å². The van der Waals surface area contributed by atoms with Gasteiger partial charge in [-0.25, -0.2) is 0 Å². The Morgan fingerprint density at radius 2 is 2.17 bits per heavy atom. The van der Waals surface area contributed by atoms with Crippen molar-refractivity contribution < 1.29 is 5.11 Å². The summed E-state index contributed by atoms with van der Waals surface area (Å²) in [5.41, 5.74) is -1.31. The van der Waals surface area contributed by atoms with Crippen LogP contribution in [0.4, 0.5) is 0 Å². The fraction of sp³-hybridized carbons (Fsp3) is 0.933. The van der Waals surface area contributed by atoms with E-state index in [0.717, 1.165) is 32.1 Å². The summed E-state index contributed by atoms with van der Waals surface area (Å²) < 4.78 is 0. The summed E-state index contributed by atoms with van der Waals surface area (Å²) in [7, 11) is 2.05. The van der Waals surface area contributed by atoms with Crippen molar-refractivity contribution in [3.63, 3.8) is 0 Å². The molecule has 2 fully saturated rings. The fourth-order valence-corrected chi connectivity index (χ4v) is 3.99. The van der Waals surface area contributed by atoms with E-state index in [2.05, 4.69) is 24.8 Å². The van der Waals surface area contributed by atoms with Crippen molar-refractivity contribution in [3.05, 3.63) is 0 Å². The van der Waals surface area contributed by atoms with Crippen molar-refractivity contribution >= 4 is 0 Å². The monoisotopic (exact) mass is 250 g/mol.